The highest BCUT2D eigenvalue weighted by molar-refractivity contribution is 7.89. The quantitative estimate of drug-likeness (QED) is 0.317. The molecule has 1 aromatic rings. The van der Waals surface area contributed by atoms with Crippen molar-refractivity contribution >= 4 is 45.0 Å². The number of nitrogens with zero attached hydrogens (tertiary/aromatic N) is 2. The molecule has 2 N–H and O–H groups in total. The normalized spacial score (nSPS) is 30.1. The molecule has 1 aliphatic heterocycles. The Morgan fingerprint density at radius 3 is 2.37 bits per heavy atom. The Morgan fingerprint density at radius 1 is 1.17 bits per heavy atom. The number of alkyl halides is 4. The first-order valence-electron chi connectivity index (χ1n) is 13.6. The van der Waals surface area contributed by atoms with E-state index in [1.165, 1.54) is 4.31 Å². The number of hydrogen-bond donors (Lipinski definition) is 2. The highest BCUT2D eigenvalue weighted by Crippen LogP contribution is 2.71. The summed E-state index contributed by atoms with van der Waals surface area (Å²) in [6, 6.07) is 4.09. The maximum atomic E-state index is 13.6. The van der Waals surface area contributed by atoms with Gasteiger partial charge >= 0.3 is 0 Å². The number of carbonyl (C=O) groups is 1. The summed E-state index contributed by atoms with van der Waals surface area (Å²) >= 11 is 12.2. The summed E-state index contributed by atoms with van der Waals surface area (Å²) in [6.07, 6.45) is 0.00803. The summed E-state index contributed by atoms with van der Waals surface area (Å²) in [5, 5.41) is 6.58. The van der Waals surface area contributed by atoms with Gasteiger partial charge in [-0.25, -0.2) is 26.0 Å². The zero-order valence-corrected chi connectivity index (χ0v) is 25.4. The first kappa shape index (κ1) is 30.8. The summed E-state index contributed by atoms with van der Waals surface area (Å²) in [5.74, 6) is -6.45. The number of hydrogen-bond acceptors (Lipinski definition) is 5. The molecule has 1 aromatic carbocycles. The van der Waals surface area contributed by atoms with Crippen molar-refractivity contribution in [2.24, 2.45) is 16.3 Å². The van der Waals surface area contributed by atoms with Crippen molar-refractivity contribution in [1.82, 2.24) is 14.9 Å². The van der Waals surface area contributed by atoms with E-state index >= 15 is 0 Å². The van der Waals surface area contributed by atoms with Crippen molar-refractivity contribution in [1.29, 1.82) is 0 Å². The number of aliphatic imine (C=N–C) groups is 1. The molecule has 1 atom stereocenters. The molecular formula is C27H34Cl2F4N4O3S. The van der Waals surface area contributed by atoms with Gasteiger partial charge in [0.25, 0.3) is 0 Å². The Balaban J connectivity index is 1.28. The molecule has 0 unspecified atom stereocenters. The highest BCUT2D eigenvalue weighted by atomic mass is 35.5. The van der Waals surface area contributed by atoms with Crippen LogP contribution < -0.4 is 10.6 Å². The van der Waals surface area contributed by atoms with Gasteiger partial charge < -0.3 is 10.6 Å². The topological polar surface area (TPSA) is 90.9 Å². The van der Waals surface area contributed by atoms with E-state index in [9.17, 15) is 30.8 Å². The van der Waals surface area contributed by atoms with E-state index in [0.29, 0.717) is 42.6 Å². The van der Waals surface area contributed by atoms with Crippen LogP contribution in [0, 0.1) is 11.3 Å². The fraction of sp³-hybridized carbons (Fsp3) is 0.704. The number of amidine groups is 1. The van der Waals surface area contributed by atoms with Crippen LogP contribution in [0.25, 0.3) is 0 Å². The van der Waals surface area contributed by atoms with Crippen LogP contribution in [-0.2, 0) is 21.4 Å². The largest absolute Gasteiger partial charge is 0.360 e. The Kier molecular flexibility index (Phi) is 7.48. The summed E-state index contributed by atoms with van der Waals surface area (Å²) in [5.41, 5.74) is -1.44. The predicted molar refractivity (Wildman–Crippen MR) is 149 cm³/mol. The van der Waals surface area contributed by atoms with Crippen LogP contribution in [0.3, 0.4) is 0 Å². The Labute approximate surface area is 247 Å². The van der Waals surface area contributed by atoms with Gasteiger partial charge in [-0.15, -0.1) is 0 Å². The van der Waals surface area contributed by atoms with Gasteiger partial charge in [-0.2, -0.15) is 4.31 Å². The van der Waals surface area contributed by atoms with Crippen molar-refractivity contribution in [2.45, 2.75) is 94.8 Å². The molecule has 1 amide bonds. The highest BCUT2D eigenvalue weighted by Gasteiger charge is 2.75. The number of benzene rings is 1. The zero-order valence-electron chi connectivity index (χ0n) is 23.0. The molecule has 14 heteroatoms. The van der Waals surface area contributed by atoms with Crippen molar-refractivity contribution in [3.05, 3.63) is 33.8 Å². The van der Waals surface area contributed by atoms with Crippen molar-refractivity contribution in [2.75, 3.05) is 12.3 Å². The van der Waals surface area contributed by atoms with Crippen LogP contribution in [0.4, 0.5) is 17.6 Å². The van der Waals surface area contributed by atoms with Gasteiger partial charge in [-0.05, 0) is 63.6 Å². The summed E-state index contributed by atoms with van der Waals surface area (Å²) in [7, 11) is -4.08. The predicted octanol–water partition coefficient (Wildman–Crippen LogP) is 5.40. The number of carbonyl (C=O) groups excluding carboxylic acids is 1. The number of sulfonamides is 1. The van der Waals surface area contributed by atoms with E-state index < -0.39 is 56.6 Å². The number of halogens is 6. The molecule has 7 nitrogen and oxygen atoms in total. The Morgan fingerprint density at radius 2 is 1.80 bits per heavy atom. The molecule has 1 heterocycles. The van der Waals surface area contributed by atoms with Crippen LogP contribution in [-0.4, -0.2) is 65.7 Å². The van der Waals surface area contributed by atoms with Crippen LogP contribution >= 0.6 is 23.2 Å². The molecule has 5 aliphatic rings. The van der Waals surface area contributed by atoms with E-state index in [-0.39, 0.29) is 42.8 Å². The Hall–Kier alpha value is -1.63. The molecule has 41 heavy (non-hydrogen) atoms. The van der Waals surface area contributed by atoms with Crippen LogP contribution in [0.2, 0.25) is 10.0 Å². The smallest absolute Gasteiger partial charge is 0.248 e. The van der Waals surface area contributed by atoms with E-state index in [0.717, 1.165) is 0 Å². The number of nitrogens with one attached hydrogen (secondary N) is 2. The fourth-order valence-corrected chi connectivity index (χ4v) is 8.95. The van der Waals surface area contributed by atoms with Gasteiger partial charge in [0.15, 0.2) is 0 Å². The summed E-state index contributed by atoms with van der Waals surface area (Å²) in [6.45, 7) is 4.44. The third-order valence-corrected chi connectivity index (χ3v) is 11.5. The second-order valence-corrected chi connectivity index (χ2v) is 15.8. The van der Waals surface area contributed by atoms with Gasteiger partial charge in [0, 0.05) is 43.3 Å². The molecule has 2 bridgehead atoms. The zero-order chi connectivity index (χ0) is 30.2. The van der Waals surface area contributed by atoms with Crippen LogP contribution in [0.1, 0.15) is 64.9 Å². The maximum absolute atomic E-state index is 13.6. The van der Waals surface area contributed by atoms with Gasteiger partial charge in [-0.3, -0.25) is 9.79 Å². The van der Waals surface area contributed by atoms with E-state index in [1.54, 1.807) is 18.2 Å². The molecule has 4 saturated carbocycles. The van der Waals surface area contributed by atoms with Crippen molar-refractivity contribution in [3.63, 3.8) is 0 Å². The van der Waals surface area contributed by atoms with E-state index in [1.807, 2.05) is 13.8 Å². The lowest BCUT2D eigenvalue weighted by molar-refractivity contribution is -0.151. The standard InChI is InChI=1S/C27H34Cl2F4N4O3S/c1-23(2)20(21(38)34-11-17-9-27(32,33)10-17)35-22(36-23)25-13-26(14-25,15-25)37(41(39,40)7-6-24(3,30)31)12-16-4-5-18(28)19(29)8-16/h4-5,8,17,20H,6-7,9-15H2,1-3H3,(H,34,38)(H,35,36)/t20-,25?,26?/m0/s1. The third kappa shape index (κ3) is 5.95. The fourth-order valence-electron chi connectivity index (χ4n) is 6.67. The monoisotopic (exact) mass is 640 g/mol. The SMILES string of the molecule is CC(F)(F)CCS(=O)(=O)N(Cc1ccc(Cl)c(Cl)c1)C12CC(C3=NC(C)(C)[C@H](C(=O)NCC4CC(F)(F)C4)N3)(C1)C2. The van der Waals surface area contributed by atoms with Gasteiger partial charge in [0.2, 0.25) is 27.8 Å². The molecule has 228 valence electrons. The lowest BCUT2D eigenvalue weighted by atomic mass is 9.38. The first-order valence-corrected chi connectivity index (χ1v) is 16.0. The molecule has 6 rings (SSSR count). The van der Waals surface area contributed by atoms with Gasteiger partial charge in [0.1, 0.15) is 11.9 Å². The number of rotatable bonds is 11. The average Bonchev–Trinajstić information content (AvgIpc) is 3.09. The molecule has 4 fully saturated rings. The van der Waals surface area contributed by atoms with Crippen LogP contribution in [0.15, 0.2) is 23.2 Å². The minimum Gasteiger partial charge on any atom is -0.360 e. The summed E-state index contributed by atoms with van der Waals surface area (Å²) in [4.78, 5) is 17.8. The molecular weight excluding hydrogens is 607 g/mol. The molecule has 0 spiro atoms. The second-order valence-electron chi connectivity index (χ2n) is 13.0. The average molecular weight is 642 g/mol. The lowest BCUT2D eigenvalue weighted by Gasteiger charge is -2.73. The Bertz CT molecular complexity index is 1350. The van der Waals surface area contributed by atoms with Gasteiger partial charge in [0.05, 0.1) is 21.3 Å². The lowest BCUT2D eigenvalue weighted by Crippen LogP contribution is -2.78. The minimum atomic E-state index is -4.08. The van der Waals surface area contributed by atoms with Crippen molar-refractivity contribution in [3.8, 4) is 0 Å². The molecule has 4 aliphatic carbocycles. The summed E-state index contributed by atoms with van der Waals surface area (Å²) < 4.78 is 81.8. The second kappa shape index (κ2) is 9.95. The van der Waals surface area contributed by atoms with Crippen LogP contribution in [0.5, 0.6) is 0 Å². The molecule has 0 radical (unpaired) electrons. The van der Waals surface area contributed by atoms with Gasteiger partial charge in [-0.1, -0.05) is 29.3 Å². The molecule has 0 aromatic heterocycles. The molecule has 0 saturated heterocycles. The number of amides is 1. The van der Waals surface area contributed by atoms with E-state index in [2.05, 4.69) is 10.6 Å². The van der Waals surface area contributed by atoms with E-state index in [4.69, 9.17) is 28.2 Å². The maximum Gasteiger partial charge on any atom is 0.248 e. The minimum absolute atomic E-state index is 0.0404. The third-order valence-electron chi connectivity index (χ3n) is 8.87. The first-order chi connectivity index (χ1) is 18.7. The van der Waals surface area contributed by atoms with Crippen molar-refractivity contribution < 1.29 is 30.8 Å².